The molecule has 2 aliphatic rings. The van der Waals surface area contributed by atoms with Gasteiger partial charge in [-0.1, -0.05) is 43.2 Å². The predicted octanol–water partition coefficient (Wildman–Crippen LogP) is 2.33. The number of hydrogen-bond donors (Lipinski definition) is 2. The third kappa shape index (κ3) is 4.50. The van der Waals surface area contributed by atoms with E-state index in [1.165, 1.54) is 5.56 Å². The summed E-state index contributed by atoms with van der Waals surface area (Å²) in [6.45, 7) is 6.30. The quantitative estimate of drug-likeness (QED) is 0.773. The molecule has 0 atom stereocenters. The lowest BCUT2D eigenvalue weighted by Crippen LogP contribution is -2.45. The summed E-state index contributed by atoms with van der Waals surface area (Å²) in [6.07, 6.45) is 5.32. The van der Waals surface area contributed by atoms with E-state index < -0.39 is 0 Å². The fourth-order valence-corrected chi connectivity index (χ4v) is 3.99. The first-order valence-electron chi connectivity index (χ1n) is 9.08. The Morgan fingerprint density at radius 2 is 1.79 bits per heavy atom. The maximum atomic E-state index is 12.9. The third-order valence-electron chi connectivity index (χ3n) is 5.36. The average Bonchev–Trinajstić information content (AvgIpc) is 3.11. The highest BCUT2D eigenvalue weighted by Crippen LogP contribution is 2.41. The van der Waals surface area contributed by atoms with Gasteiger partial charge in [0.2, 0.25) is 5.91 Å². The molecule has 24 heavy (non-hydrogen) atoms. The van der Waals surface area contributed by atoms with Crippen molar-refractivity contribution in [1.82, 2.24) is 15.5 Å². The molecule has 1 heterocycles. The lowest BCUT2D eigenvalue weighted by Gasteiger charge is -2.29. The van der Waals surface area contributed by atoms with E-state index >= 15 is 0 Å². The summed E-state index contributed by atoms with van der Waals surface area (Å²) in [5, 5.41) is 6.59. The normalized spacial score (nSPS) is 20.3. The van der Waals surface area contributed by atoms with Crippen LogP contribution in [-0.4, -0.2) is 50.1 Å². The number of rotatable bonds is 6. The van der Waals surface area contributed by atoms with Crippen LogP contribution in [0, 0.1) is 0 Å². The first-order chi connectivity index (χ1) is 11.3. The summed E-state index contributed by atoms with van der Waals surface area (Å²) in [6, 6.07) is 10.4. The van der Waals surface area contributed by atoms with Crippen molar-refractivity contribution < 1.29 is 4.79 Å². The maximum Gasteiger partial charge on any atom is 0.230 e. The molecular formula is C19H30ClN3O. The Morgan fingerprint density at radius 1 is 1.12 bits per heavy atom. The number of nitrogens with one attached hydrogen (secondary N) is 2. The van der Waals surface area contributed by atoms with Gasteiger partial charge in [-0.15, -0.1) is 12.4 Å². The average molecular weight is 352 g/mol. The molecule has 0 radical (unpaired) electrons. The van der Waals surface area contributed by atoms with E-state index in [1.807, 2.05) is 18.2 Å². The van der Waals surface area contributed by atoms with Gasteiger partial charge in [0.05, 0.1) is 5.41 Å². The Morgan fingerprint density at radius 3 is 2.46 bits per heavy atom. The number of nitrogens with zero attached hydrogens (tertiary/aromatic N) is 1. The van der Waals surface area contributed by atoms with Crippen LogP contribution in [0.5, 0.6) is 0 Å². The van der Waals surface area contributed by atoms with Gasteiger partial charge in [0.25, 0.3) is 0 Å². The molecule has 1 aromatic rings. The minimum atomic E-state index is -0.281. The molecule has 2 fully saturated rings. The van der Waals surface area contributed by atoms with Crippen LogP contribution in [0.15, 0.2) is 30.3 Å². The highest BCUT2D eigenvalue weighted by atomic mass is 35.5. The van der Waals surface area contributed by atoms with E-state index in [4.69, 9.17) is 0 Å². The Kier molecular flexibility index (Phi) is 7.53. The van der Waals surface area contributed by atoms with Crippen molar-refractivity contribution in [3.05, 3.63) is 35.9 Å². The van der Waals surface area contributed by atoms with Gasteiger partial charge in [-0.05, 0) is 31.4 Å². The second-order valence-corrected chi connectivity index (χ2v) is 6.86. The first-order valence-corrected chi connectivity index (χ1v) is 9.08. The Bertz CT molecular complexity index is 497. The molecule has 1 aromatic carbocycles. The smallest absolute Gasteiger partial charge is 0.230 e. The number of amides is 1. The van der Waals surface area contributed by atoms with E-state index in [-0.39, 0.29) is 23.7 Å². The molecule has 1 amide bonds. The minimum Gasteiger partial charge on any atom is -0.355 e. The van der Waals surface area contributed by atoms with Crippen LogP contribution in [0.3, 0.4) is 0 Å². The topological polar surface area (TPSA) is 44.4 Å². The van der Waals surface area contributed by atoms with E-state index in [9.17, 15) is 4.79 Å². The Balaban J connectivity index is 0.00000208. The second kappa shape index (κ2) is 9.40. The summed E-state index contributed by atoms with van der Waals surface area (Å²) >= 11 is 0. The number of benzene rings is 1. The molecule has 134 valence electrons. The molecule has 3 rings (SSSR count). The maximum absolute atomic E-state index is 12.9. The Hall–Kier alpha value is -1.10. The van der Waals surface area contributed by atoms with Crippen molar-refractivity contribution in [3.63, 3.8) is 0 Å². The molecule has 1 aliphatic heterocycles. The molecule has 1 saturated heterocycles. The fraction of sp³-hybridized carbons (Fsp3) is 0.632. The Labute approximate surface area is 151 Å². The molecule has 1 saturated carbocycles. The number of halogens is 1. The SMILES string of the molecule is Cl.O=C(NCCCN1CCNCC1)C1(c2ccccc2)CCCC1. The largest absolute Gasteiger partial charge is 0.355 e. The van der Waals surface area contributed by atoms with Crippen molar-refractivity contribution in [1.29, 1.82) is 0 Å². The molecule has 4 nitrogen and oxygen atoms in total. The third-order valence-corrected chi connectivity index (χ3v) is 5.36. The highest BCUT2D eigenvalue weighted by Gasteiger charge is 2.42. The van der Waals surface area contributed by atoms with E-state index in [0.29, 0.717) is 0 Å². The molecule has 0 spiro atoms. The molecule has 0 unspecified atom stereocenters. The van der Waals surface area contributed by atoms with Crippen LogP contribution >= 0.6 is 12.4 Å². The van der Waals surface area contributed by atoms with Gasteiger partial charge in [0, 0.05) is 32.7 Å². The van der Waals surface area contributed by atoms with Crippen molar-refractivity contribution in [2.45, 2.75) is 37.5 Å². The molecule has 1 aliphatic carbocycles. The van der Waals surface area contributed by atoms with E-state index in [0.717, 1.165) is 71.4 Å². The molecule has 0 bridgehead atoms. The number of hydrogen-bond acceptors (Lipinski definition) is 3. The van der Waals surface area contributed by atoms with Gasteiger partial charge >= 0.3 is 0 Å². The predicted molar refractivity (Wildman–Crippen MR) is 101 cm³/mol. The molecule has 2 N–H and O–H groups in total. The van der Waals surface area contributed by atoms with Crippen molar-refractivity contribution >= 4 is 18.3 Å². The number of piperazine rings is 1. The van der Waals surface area contributed by atoms with Crippen LogP contribution in [0.25, 0.3) is 0 Å². The van der Waals surface area contributed by atoms with Gasteiger partial charge < -0.3 is 15.5 Å². The van der Waals surface area contributed by atoms with Crippen LogP contribution in [-0.2, 0) is 10.2 Å². The van der Waals surface area contributed by atoms with Gasteiger partial charge in [0.15, 0.2) is 0 Å². The summed E-state index contributed by atoms with van der Waals surface area (Å²) in [7, 11) is 0. The van der Waals surface area contributed by atoms with Crippen LogP contribution in [0.2, 0.25) is 0 Å². The standard InChI is InChI=1S/C19H29N3O.ClH/c23-18(21-11-6-14-22-15-12-20-13-16-22)19(9-4-5-10-19)17-7-2-1-3-8-17;/h1-3,7-8,20H,4-6,9-16H2,(H,21,23);1H. The highest BCUT2D eigenvalue weighted by molar-refractivity contribution is 5.88. The molecular weight excluding hydrogens is 322 g/mol. The van der Waals surface area contributed by atoms with Crippen molar-refractivity contribution in [2.75, 3.05) is 39.3 Å². The van der Waals surface area contributed by atoms with E-state index in [1.54, 1.807) is 0 Å². The minimum absolute atomic E-state index is 0. The van der Waals surface area contributed by atoms with Gasteiger partial charge in [-0.3, -0.25) is 4.79 Å². The number of carbonyl (C=O) groups is 1. The summed E-state index contributed by atoms with van der Waals surface area (Å²) in [5.74, 6) is 0.238. The van der Waals surface area contributed by atoms with Gasteiger partial charge in [-0.25, -0.2) is 0 Å². The van der Waals surface area contributed by atoms with Gasteiger partial charge in [0.1, 0.15) is 0 Å². The lowest BCUT2D eigenvalue weighted by atomic mass is 9.78. The van der Waals surface area contributed by atoms with Crippen LogP contribution in [0.1, 0.15) is 37.7 Å². The number of carbonyl (C=O) groups excluding carboxylic acids is 1. The second-order valence-electron chi connectivity index (χ2n) is 6.86. The summed E-state index contributed by atoms with van der Waals surface area (Å²) < 4.78 is 0. The van der Waals surface area contributed by atoms with Crippen molar-refractivity contribution in [3.8, 4) is 0 Å². The van der Waals surface area contributed by atoms with Crippen LogP contribution in [0.4, 0.5) is 0 Å². The zero-order valence-electron chi connectivity index (χ0n) is 14.4. The summed E-state index contributed by atoms with van der Waals surface area (Å²) in [4.78, 5) is 15.4. The van der Waals surface area contributed by atoms with E-state index in [2.05, 4.69) is 27.7 Å². The zero-order chi connectivity index (χ0) is 16.0. The molecule has 0 aromatic heterocycles. The lowest BCUT2D eigenvalue weighted by molar-refractivity contribution is -0.126. The van der Waals surface area contributed by atoms with Crippen LogP contribution < -0.4 is 10.6 Å². The summed E-state index contributed by atoms with van der Waals surface area (Å²) in [5.41, 5.74) is 0.910. The fourth-order valence-electron chi connectivity index (χ4n) is 3.99. The monoisotopic (exact) mass is 351 g/mol. The first kappa shape index (κ1) is 19.2. The van der Waals surface area contributed by atoms with Gasteiger partial charge in [-0.2, -0.15) is 0 Å². The molecule has 5 heteroatoms. The van der Waals surface area contributed by atoms with Crippen molar-refractivity contribution in [2.24, 2.45) is 0 Å². The zero-order valence-corrected chi connectivity index (χ0v) is 15.2.